The predicted octanol–water partition coefficient (Wildman–Crippen LogP) is 0.110. The van der Waals surface area contributed by atoms with Gasteiger partial charge in [0.15, 0.2) is 0 Å². The topological polar surface area (TPSA) is 55.2 Å². The first-order valence-corrected chi connectivity index (χ1v) is 3.87. The highest BCUT2D eigenvalue weighted by atomic mass is 19.4. The van der Waals surface area contributed by atoms with Crippen LogP contribution in [0.15, 0.2) is 17.1 Å². The molecule has 1 aromatic rings. The fourth-order valence-electron chi connectivity index (χ4n) is 1.33. The zero-order chi connectivity index (χ0) is 11.2. The molecule has 0 saturated carbocycles. The van der Waals surface area contributed by atoms with Crippen LogP contribution in [0.1, 0.15) is 0 Å². The van der Waals surface area contributed by atoms with Crippen LogP contribution in [0.5, 0.6) is 0 Å². The molecule has 1 aromatic heterocycles. The fraction of sp³-hybridized carbons (Fsp3) is 0.286. The van der Waals surface area contributed by atoms with Gasteiger partial charge in [0.05, 0.1) is 0 Å². The number of alkyl halides is 3. The Hall–Kier alpha value is -1.86. The number of fused-ring (bicyclic) bond motifs is 1. The highest BCUT2D eigenvalue weighted by Crippen LogP contribution is 2.29. The van der Waals surface area contributed by atoms with E-state index in [4.69, 9.17) is 0 Å². The Morgan fingerprint density at radius 3 is 2.60 bits per heavy atom. The summed E-state index contributed by atoms with van der Waals surface area (Å²) in [4.78, 5) is 25.1. The van der Waals surface area contributed by atoms with Crippen molar-refractivity contribution in [2.75, 3.05) is 4.90 Å². The quantitative estimate of drug-likeness (QED) is 0.582. The third-order valence-electron chi connectivity index (χ3n) is 1.91. The first-order chi connectivity index (χ1) is 6.91. The van der Waals surface area contributed by atoms with Gasteiger partial charge in [-0.1, -0.05) is 0 Å². The molecule has 1 amide bonds. The van der Waals surface area contributed by atoms with Crippen molar-refractivity contribution in [1.29, 1.82) is 0 Å². The zero-order valence-corrected chi connectivity index (χ0v) is 7.15. The number of rotatable bonds is 0. The standard InChI is InChI=1S/C7H4F3N3O2/c8-7(9,10)13-5(15)3-12-4(14)1-2-11-6(12)13/h1-2H,3H2. The van der Waals surface area contributed by atoms with Gasteiger partial charge in [-0.3, -0.25) is 14.2 Å². The first kappa shape index (κ1) is 9.69. The van der Waals surface area contributed by atoms with Gasteiger partial charge in [-0.2, -0.15) is 4.90 Å². The summed E-state index contributed by atoms with van der Waals surface area (Å²) in [6.07, 6.45) is -3.92. The molecule has 2 rings (SSSR count). The maximum Gasteiger partial charge on any atom is 0.494 e. The van der Waals surface area contributed by atoms with Gasteiger partial charge >= 0.3 is 6.30 Å². The molecule has 0 fully saturated rings. The molecule has 15 heavy (non-hydrogen) atoms. The van der Waals surface area contributed by atoms with Crippen LogP contribution in [0, 0.1) is 0 Å². The lowest BCUT2D eigenvalue weighted by Crippen LogP contribution is -2.40. The van der Waals surface area contributed by atoms with E-state index < -0.39 is 35.2 Å². The summed E-state index contributed by atoms with van der Waals surface area (Å²) in [5.41, 5.74) is -0.680. The molecule has 0 radical (unpaired) electrons. The van der Waals surface area contributed by atoms with Gasteiger partial charge in [0.2, 0.25) is 5.95 Å². The minimum atomic E-state index is -4.85. The van der Waals surface area contributed by atoms with Gasteiger partial charge < -0.3 is 0 Å². The van der Waals surface area contributed by atoms with Crippen molar-refractivity contribution in [3.63, 3.8) is 0 Å². The maximum absolute atomic E-state index is 12.4. The zero-order valence-electron chi connectivity index (χ0n) is 7.15. The third-order valence-corrected chi connectivity index (χ3v) is 1.91. The highest BCUT2D eigenvalue weighted by molar-refractivity contribution is 5.95. The fourth-order valence-corrected chi connectivity index (χ4v) is 1.33. The van der Waals surface area contributed by atoms with Gasteiger partial charge in [-0.15, -0.1) is 13.2 Å². The van der Waals surface area contributed by atoms with E-state index in [1.54, 1.807) is 0 Å². The molecule has 0 unspecified atom stereocenters. The van der Waals surface area contributed by atoms with Crippen LogP contribution in [-0.4, -0.2) is 21.8 Å². The van der Waals surface area contributed by atoms with Crippen LogP contribution in [0.4, 0.5) is 19.1 Å². The number of halogens is 3. The summed E-state index contributed by atoms with van der Waals surface area (Å²) in [6.45, 7) is -0.623. The van der Waals surface area contributed by atoms with Crippen LogP contribution >= 0.6 is 0 Å². The average Bonchev–Trinajstić information content (AvgIpc) is 2.41. The molecule has 0 aromatic carbocycles. The lowest BCUT2D eigenvalue weighted by molar-refractivity contribution is -0.148. The predicted molar refractivity (Wildman–Crippen MR) is 42.0 cm³/mol. The molecule has 2 heterocycles. The maximum atomic E-state index is 12.4. The molecule has 0 spiro atoms. The molecular formula is C7H4F3N3O2. The molecule has 0 aliphatic carbocycles. The monoisotopic (exact) mass is 219 g/mol. The van der Waals surface area contributed by atoms with E-state index in [9.17, 15) is 22.8 Å². The summed E-state index contributed by atoms with van der Waals surface area (Å²) in [5, 5.41) is 0. The van der Waals surface area contributed by atoms with E-state index >= 15 is 0 Å². The van der Waals surface area contributed by atoms with Gasteiger partial charge in [0.25, 0.3) is 11.5 Å². The summed E-state index contributed by atoms with van der Waals surface area (Å²) < 4.78 is 37.8. The molecule has 0 atom stereocenters. The van der Waals surface area contributed by atoms with Crippen LogP contribution in [0.25, 0.3) is 0 Å². The normalized spacial score (nSPS) is 15.7. The second kappa shape index (κ2) is 2.81. The number of hydrogen-bond donors (Lipinski definition) is 0. The van der Waals surface area contributed by atoms with Gasteiger partial charge in [-0.25, -0.2) is 4.98 Å². The molecule has 5 nitrogen and oxygen atoms in total. The SMILES string of the molecule is O=C1Cn2c(nccc2=O)N1C(F)(F)F. The Balaban J connectivity index is 2.61. The molecular weight excluding hydrogens is 215 g/mol. The summed E-state index contributed by atoms with van der Waals surface area (Å²) >= 11 is 0. The number of amides is 1. The minimum Gasteiger partial charge on any atom is -0.272 e. The van der Waals surface area contributed by atoms with Crippen molar-refractivity contribution in [1.82, 2.24) is 9.55 Å². The number of nitrogens with zero attached hydrogens (tertiary/aromatic N) is 3. The van der Waals surface area contributed by atoms with E-state index in [0.717, 1.165) is 12.3 Å². The van der Waals surface area contributed by atoms with Gasteiger partial charge in [0.1, 0.15) is 6.54 Å². The smallest absolute Gasteiger partial charge is 0.272 e. The number of carbonyl (C=O) groups excluding carboxylic acids is 1. The van der Waals surface area contributed by atoms with Gasteiger partial charge in [0, 0.05) is 12.3 Å². The average molecular weight is 219 g/mol. The summed E-state index contributed by atoms with van der Waals surface area (Å²) in [6, 6.07) is 0.997. The number of anilines is 1. The van der Waals surface area contributed by atoms with E-state index in [0.29, 0.717) is 4.57 Å². The van der Waals surface area contributed by atoms with E-state index in [1.165, 1.54) is 0 Å². The second-order valence-corrected chi connectivity index (χ2v) is 2.87. The van der Waals surface area contributed by atoms with Crippen LogP contribution in [0.3, 0.4) is 0 Å². The molecule has 0 N–H and O–H groups in total. The molecule has 8 heteroatoms. The van der Waals surface area contributed by atoms with Crippen molar-refractivity contribution in [3.8, 4) is 0 Å². The lowest BCUT2D eigenvalue weighted by atomic mass is 10.6. The third kappa shape index (κ3) is 1.37. The first-order valence-electron chi connectivity index (χ1n) is 3.87. The van der Waals surface area contributed by atoms with Crippen molar-refractivity contribution < 1.29 is 18.0 Å². The molecule has 0 saturated heterocycles. The van der Waals surface area contributed by atoms with Crippen molar-refractivity contribution in [2.45, 2.75) is 12.8 Å². The van der Waals surface area contributed by atoms with Crippen LogP contribution < -0.4 is 10.5 Å². The van der Waals surface area contributed by atoms with Crippen molar-refractivity contribution >= 4 is 11.9 Å². The van der Waals surface area contributed by atoms with Crippen molar-refractivity contribution in [3.05, 3.63) is 22.6 Å². The number of aromatic nitrogens is 2. The summed E-state index contributed by atoms with van der Waals surface area (Å²) in [7, 11) is 0. The number of hydrogen-bond acceptors (Lipinski definition) is 3. The lowest BCUT2D eigenvalue weighted by Gasteiger charge is -2.17. The largest absolute Gasteiger partial charge is 0.494 e. The molecule has 0 bridgehead atoms. The molecule has 1 aliphatic heterocycles. The Morgan fingerprint density at radius 2 is 2.00 bits per heavy atom. The van der Waals surface area contributed by atoms with E-state index in [-0.39, 0.29) is 0 Å². The van der Waals surface area contributed by atoms with Crippen molar-refractivity contribution in [2.24, 2.45) is 0 Å². The Kier molecular flexibility index (Phi) is 1.82. The molecule has 80 valence electrons. The number of carbonyl (C=O) groups is 1. The van der Waals surface area contributed by atoms with Gasteiger partial charge in [-0.05, 0) is 0 Å². The minimum absolute atomic E-state index is 0.436. The highest BCUT2D eigenvalue weighted by Gasteiger charge is 2.48. The van der Waals surface area contributed by atoms with E-state index in [2.05, 4.69) is 4.98 Å². The second-order valence-electron chi connectivity index (χ2n) is 2.87. The van der Waals surface area contributed by atoms with Crippen LogP contribution in [0.2, 0.25) is 0 Å². The Labute approximate surface area is 80.7 Å². The van der Waals surface area contributed by atoms with E-state index in [1.807, 2.05) is 0 Å². The Morgan fingerprint density at radius 1 is 1.33 bits per heavy atom. The summed E-state index contributed by atoms with van der Waals surface area (Å²) in [5.74, 6) is -1.89. The Bertz CT molecular complexity index is 479. The van der Waals surface area contributed by atoms with Crippen LogP contribution in [-0.2, 0) is 11.3 Å². The molecule has 1 aliphatic rings.